The Balaban J connectivity index is 2.35. The molecule has 1 atom stereocenters. The van der Waals surface area contributed by atoms with E-state index in [1.165, 1.54) is 0 Å². The van der Waals surface area contributed by atoms with Gasteiger partial charge in [-0.2, -0.15) is 0 Å². The standard InChI is InChI=1S/C9H16ClNO/c1-8-5-11(6-9(2)10)3-4-12-7-8/h8H,2-7H2,1H3. The molecule has 0 amide bonds. The van der Waals surface area contributed by atoms with Crippen LogP contribution in [0, 0.1) is 5.92 Å². The molecule has 12 heavy (non-hydrogen) atoms. The van der Waals surface area contributed by atoms with Gasteiger partial charge < -0.3 is 4.74 Å². The van der Waals surface area contributed by atoms with Crippen molar-refractivity contribution in [1.29, 1.82) is 0 Å². The number of hydrogen-bond donors (Lipinski definition) is 0. The molecule has 0 N–H and O–H groups in total. The lowest BCUT2D eigenvalue weighted by atomic mass is 10.2. The van der Waals surface area contributed by atoms with Crippen LogP contribution in [0.25, 0.3) is 0 Å². The molecule has 1 saturated heterocycles. The highest BCUT2D eigenvalue weighted by Crippen LogP contribution is 2.08. The molecular weight excluding hydrogens is 174 g/mol. The molecule has 1 rings (SSSR count). The maximum atomic E-state index is 5.74. The molecule has 1 aliphatic heterocycles. The zero-order chi connectivity index (χ0) is 8.97. The fraction of sp³-hybridized carbons (Fsp3) is 0.778. The molecule has 1 aliphatic rings. The number of halogens is 1. The van der Waals surface area contributed by atoms with Crippen LogP contribution < -0.4 is 0 Å². The summed E-state index contributed by atoms with van der Waals surface area (Å²) >= 11 is 5.74. The topological polar surface area (TPSA) is 12.5 Å². The second-order valence-electron chi connectivity index (χ2n) is 3.43. The Morgan fingerprint density at radius 2 is 2.50 bits per heavy atom. The highest BCUT2D eigenvalue weighted by Gasteiger charge is 2.14. The van der Waals surface area contributed by atoms with E-state index in [2.05, 4.69) is 18.4 Å². The minimum Gasteiger partial charge on any atom is -0.380 e. The van der Waals surface area contributed by atoms with Crippen molar-refractivity contribution in [1.82, 2.24) is 4.90 Å². The van der Waals surface area contributed by atoms with Crippen molar-refractivity contribution >= 4 is 11.6 Å². The van der Waals surface area contributed by atoms with Gasteiger partial charge in [-0.05, 0) is 5.92 Å². The lowest BCUT2D eigenvalue weighted by Crippen LogP contribution is -2.30. The summed E-state index contributed by atoms with van der Waals surface area (Å²) in [7, 11) is 0. The summed E-state index contributed by atoms with van der Waals surface area (Å²) in [5.41, 5.74) is 0. The first-order valence-corrected chi connectivity index (χ1v) is 4.69. The summed E-state index contributed by atoms with van der Waals surface area (Å²) in [4.78, 5) is 2.28. The zero-order valence-electron chi connectivity index (χ0n) is 7.55. The highest BCUT2D eigenvalue weighted by atomic mass is 35.5. The average Bonchev–Trinajstić information content (AvgIpc) is 2.12. The van der Waals surface area contributed by atoms with Gasteiger partial charge in [0.15, 0.2) is 0 Å². The lowest BCUT2D eigenvalue weighted by Gasteiger charge is -2.20. The molecule has 0 aromatic heterocycles. The molecule has 70 valence electrons. The van der Waals surface area contributed by atoms with Gasteiger partial charge in [-0.3, -0.25) is 4.90 Å². The molecule has 0 aliphatic carbocycles. The van der Waals surface area contributed by atoms with Crippen molar-refractivity contribution in [2.24, 2.45) is 5.92 Å². The van der Waals surface area contributed by atoms with E-state index < -0.39 is 0 Å². The van der Waals surface area contributed by atoms with Crippen LogP contribution in [-0.4, -0.2) is 37.7 Å². The van der Waals surface area contributed by atoms with Gasteiger partial charge in [-0.1, -0.05) is 25.1 Å². The number of nitrogens with zero attached hydrogens (tertiary/aromatic N) is 1. The number of hydrogen-bond acceptors (Lipinski definition) is 2. The summed E-state index contributed by atoms with van der Waals surface area (Å²) in [6.45, 7) is 10.4. The first-order chi connectivity index (χ1) is 5.68. The Hall–Kier alpha value is -0.0500. The Labute approximate surface area is 79.1 Å². The van der Waals surface area contributed by atoms with E-state index in [0.717, 1.165) is 32.8 Å². The predicted octanol–water partition coefficient (Wildman–Crippen LogP) is 1.71. The monoisotopic (exact) mass is 189 g/mol. The van der Waals surface area contributed by atoms with Gasteiger partial charge in [0.05, 0.1) is 13.2 Å². The Bertz CT molecular complexity index is 161. The van der Waals surface area contributed by atoms with Crippen LogP contribution in [0.4, 0.5) is 0 Å². The second kappa shape index (κ2) is 4.85. The smallest absolute Gasteiger partial charge is 0.0593 e. The van der Waals surface area contributed by atoms with E-state index >= 15 is 0 Å². The summed E-state index contributed by atoms with van der Waals surface area (Å²) < 4.78 is 5.40. The molecule has 1 unspecified atom stereocenters. The van der Waals surface area contributed by atoms with Crippen molar-refractivity contribution in [2.45, 2.75) is 6.92 Å². The molecule has 0 aromatic rings. The van der Waals surface area contributed by atoms with Crippen LogP contribution in [0.2, 0.25) is 0 Å². The van der Waals surface area contributed by atoms with Crippen molar-refractivity contribution in [3.63, 3.8) is 0 Å². The van der Waals surface area contributed by atoms with Gasteiger partial charge in [0, 0.05) is 24.7 Å². The largest absolute Gasteiger partial charge is 0.380 e. The Kier molecular flexibility index (Phi) is 4.06. The van der Waals surface area contributed by atoms with Crippen LogP contribution in [0.1, 0.15) is 6.92 Å². The molecule has 0 bridgehead atoms. The van der Waals surface area contributed by atoms with E-state index in [1.807, 2.05) is 0 Å². The summed E-state index contributed by atoms with van der Waals surface area (Å²) in [6.07, 6.45) is 0. The molecule has 2 nitrogen and oxygen atoms in total. The minimum absolute atomic E-state index is 0.600. The van der Waals surface area contributed by atoms with Crippen molar-refractivity contribution in [3.8, 4) is 0 Å². The van der Waals surface area contributed by atoms with Crippen molar-refractivity contribution < 1.29 is 4.74 Å². The minimum atomic E-state index is 0.600. The van der Waals surface area contributed by atoms with Crippen molar-refractivity contribution in [2.75, 3.05) is 32.8 Å². The summed E-state index contributed by atoms with van der Waals surface area (Å²) in [6, 6.07) is 0. The maximum absolute atomic E-state index is 5.74. The summed E-state index contributed by atoms with van der Waals surface area (Å²) in [5, 5.41) is 0.712. The van der Waals surface area contributed by atoms with Gasteiger partial charge in [-0.25, -0.2) is 0 Å². The van der Waals surface area contributed by atoms with Gasteiger partial charge in [0.2, 0.25) is 0 Å². The van der Waals surface area contributed by atoms with Gasteiger partial charge in [-0.15, -0.1) is 0 Å². The Morgan fingerprint density at radius 3 is 3.17 bits per heavy atom. The average molecular weight is 190 g/mol. The molecule has 1 heterocycles. The zero-order valence-corrected chi connectivity index (χ0v) is 8.31. The van der Waals surface area contributed by atoms with Crippen LogP contribution in [0.5, 0.6) is 0 Å². The molecule has 0 spiro atoms. The van der Waals surface area contributed by atoms with E-state index in [1.54, 1.807) is 0 Å². The SMILES string of the molecule is C=C(Cl)CN1CCOCC(C)C1. The molecule has 3 heteroatoms. The third-order valence-corrected chi connectivity index (χ3v) is 2.04. The second-order valence-corrected chi connectivity index (χ2v) is 3.97. The first kappa shape index (κ1) is 10.0. The molecule has 0 saturated carbocycles. The predicted molar refractivity (Wildman–Crippen MR) is 51.4 cm³/mol. The van der Waals surface area contributed by atoms with Gasteiger partial charge in [0.1, 0.15) is 0 Å². The van der Waals surface area contributed by atoms with Gasteiger partial charge in [0.25, 0.3) is 0 Å². The van der Waals surface area contributed by atoms with Crippen molar-refractivity contribution in [3.05, 3.63) is 11.6 Å². The number of ether oxygens (including phenoxy) is 1. The fourth-order valence-corrected chi connectivity index (χ4v) is 1.62. The fourth-order valence-electron chi connectivity index (χ4n) is 1.45. The van der Waals surface area contributed by atoms with E-state index in [-0.39, 0.29) is 0 Å². The Morgan fingerprint density at radius 1 is 1.75 bits per heavy atom. The quantitative estimate of drug-likeness (QED) is 0.656. The maximum Gasteiger partial charge on any atom is 0.0593 e. The third kappa shape index (κ3) is 3.57. The first-order valence-electron chi connectivity index (χ1n) is 4.32. The third-order valence-electron chi connectivity index (χ3n) is 1.92. The van der Waals surface area contributed by atoms with Crippen LogP contribution in [-0.2, 0) is 4.74 Å². The number of rotatable bonds is 2. The van der Waals surface area contributed by atoms with Crippen LogP contribution in [0.3, 0.4) is 0 Å². The highest BCUT2D eigenvalue weighted by molar-refractivity contribution is 6.29. The van der Waals surface area contributed by atoms with Crippen LogP contribution in [0.15, 0.2) is 11.6 Å². The summed E-state index contributed by atoms with van der Waals surface area (Å²) in [5.74, 6) is 0.600. The lowest BCUT2D eigenvalue weighted by molar-refractivity contribution is 0.126. The van der Waals surface area contributed by atoms with E-state index in [9.17, 15) is 0 Å². The molecule has 0 aromatic carbocycles. The molecular formula is C9H16ClNO. The van der Waals surface area contributed by atoms with Crippen LogP contribution >= 0.6 is 11.6 Å². The molecule has 0 radical (unpaired) electrons. The van der Waals surface area contributed by atoms with E-state index in [4.69, 9.17) is 16.3 Å². The van der Waals surface area contributed by atoms with Gasteiger partial charge >= 0.3 is 0 Å². The molecule has 1 fully saturated rings. The normalized spacial score (nSPS) is 26.7. The van der Waals surface area contributed by atoms with E-state index in [0.29, 0.717) is 11.0 Å².